The minimum Gasteiger partial charge on any atom is -0.458 e. The summed E-state index contributed by atoms with van der Waals surface area (Å²) in [5.41, 5.74) is 17.7. The molecule has 2 aliphatic heterocycles. The highest BCUT2D eigenvalue weighted by atomic mass is 79.9. The first-order chi connectivity index (χ1) is 27.3. The highest BCUT2D eigenvalue weighted by Crippen LogP contribution is 2.51. The van der Waals surface area contributed by atoms with Crippen LogP contribution in [-0.2, 0) is 5.41 Å². The molecule has 0 aromatic heterocycles. The molecule has 0 bridgehead atoms. The number of halogens is 1. The van der Waals surface area contributed by atoms with Crippen LogP contribution in [0.5, 0.6) is 11.5 Å². The lowest BCUT2D eigenvalue weighted by atomic mass is 9.34. The first kappa shape index (κ1) is 34.4. The van der Waals surface area contributed by atoms with E-state index in [2.05, 4.69) is 224 Å². The van der Waals surface area contributed by atoms with Gasteiger partial charge in [-0.2, -0.15) is 0 Å². The summed E-state index contributed by atoms with van der Waals surface area (Å²) in [6.45, 7) is 6.85. The zero-order chi connectivity index (χ0) is 38.0. The van der Waals surface area contributed by atoms with Crippen LogP contribution in [-0.4, -0.2) is 6.71 Å². The number of ether oxygens (including phenoxy) is 1. The summed E-state index contributed by atoms with van der Waals surface area (Å²) in [4.78, 5) is 2.52. The van der Waals surface area contributed by atoms with Crippen molar-refractivity contribution in [3.05, 3.63) is 192 Å². The van der Waals surface area contributed by atoms with E-state index in [0.717, 1.165) is 33.0 Å². The summed E-state index contributed by atoms with van der Waals surface area (Å²) in [5, 5.41) is 0. The van der Waals surface area contributed by atoms with Crippen molar-refractivity contribution in [1.82, 2.24) is 0 Å². The van der Waals surface area contributed by atoms with Crippen molar-refractivity contribution in [1.29, 1.82) is 0 Å². The summed E-state index contributed by atoms with van der Waals surface area (Å²) in [5.74, 6) is 1.76. The predicted molar refractivity (Wildman–Crippen MR) is 240 cm³/mol. The van der Waals surface area contributed by atoms with E-state index in [1.807, 2.05) is 0 Å². The largest absolute Gasteiger partial charge is 0.458 e. The summed E-state index contributed by atoms with van der Waals surface area (Å²) in [6, 6.07) is 66.2. The number of hydrogen-bond donors (Lipinski definition) is 0. The topological polar surface area (TPSA) is 12.5 Å². The SMILES string of the molecule is CC(C)(C)c1cc(-c2ccccc2)c(N2c3ccc(-c4ccccc4)cc3B3c4cc(-c5ccccc5)ccc4Oc4cc(Br)cc2c43)c(-c2ccccc2)c1. The third kappa shape index (κ3) is 5.88. The Morgan fingerprint density at radius 2 is 0.964 bits per heavy atom. The minimum atomic E-state index is -0.0793. The molecular formula is C52H39BBrNO. The Labute approximate surface area is 338 Å². The molecule has 0 atom stereocenters. The quantitative estimate of drug-likeness (QED) is 0.161. The Balaban J connectivity index is 1.32. The fourth-order valence-electron chi connectivity index (χ4n) is 8.57. The molecule has 4 heteroatoms. The van der Waals surface area contributed by atoms with Gasteiger partial charge in [0.2, 0.25) is 0 Å². The molecule has 8 aromatic carbocycles. The van der Waals surface area contributed by atoms with Crippen LogP contribution in [0.3, 0.4) is 0 Å². The molecule has 2 nitrogen and oxygen atoms in total. The Morgan fingerprint density at radius 3 is 1.50 bits per heavy atom. The second-order valence-electron chi connectivity index (χ2n) is 15.9. The van der Waals surface area contributed by atoms with Crippen LogP contribution in [0.2, 0.25) is 0 Å². The molecule has 2 aliphatic rings. The van der Waals surface area contributed by atoms with Gasteiger partial charge >= 0.3 is 0 Å². The highest BCUT2D eigenvalue weighted by molar-refractivity contribution is 9.10. The molecule has 0 saturated heterocycles. The van der Waals surface area contributed by atoms with Gasteiger partial charge < -0.3 is 9.64 Å². The van der Waals surface area contributed by atoms with Crippen molar-refractivity contribution in [2.45, 2.75) is 26.2 Å². The van der Waals surface area contributed by atoms with Gasteiger partial charge in [-0.3, -0.25) is 0 Å². The van der Waals surface area contributed by atoms with E-state index < -0.39 is 0 Å². The van der Waals surface area contributed by atoms with Crippen molar-refractivity contribution < 1.29 is 4.74 Å². The molecule has 268 valence electrons. The van der Waals surface area contributed by atoms with Crippen molar-refractivity contribution in [2.24, 2.45) is 0 Å². The Morgan fingerprint density at radius 1 is 0.464 bits per heavy atom. The maximum absolute atomic E-state index is 6.95. The molecule has 0 aliphatic carbocycles. The Hall–Kier alpha value is -6.10. The molecule has 0 saturated carbocycles. The van der Waals surface area contributed by atoms with Gasteiger partial charge in [0.1, 0.15) is 11.5 Å². The summed E-state index contributed by atoms with van der Waals surface area (Å²) < 4.78 is 7.92. The monoisotopic (exact) mass is 783 g/mol. The smallest absolute Gasteiger partial charge is 0.256 e. The number of nitrogens with zero attached hydrogens (tertiary/aromatic N) is 1. The van der Waals surface area contributed by atoms with Crippen LogP contribution in [0.15, 0.2) is 186 Å². The molecule has 0 fully saturated rings. The molecule has 0 N–H and O–H groups in total. The molecular weight excluding hydrogens is 745 g/mol. The third-order valence-electron chi connectivity index (χ3n) is 11.3. The fraction of sp³-hybridized carbons (Fsp3) is 0.0769. The van der Waals surface area contributed by atoms with Crippen molar-refractivity contribution >= 4 is 56.1 Å². The van der Waals surface area contributed by atoms with Gasteiger partial charge in [0.15, 0.2) is 0 Å². The first-order valence-electron chi connectivity index (χ1n) is 19.3. The molecule has 2 heterocycles. The zero-order valence-electron chi connectivity index (χ0n) is 31.6. The van der Waals surface area contributed by atoms with E-state index in [9.17, 15) is 0 Å². The van der Waals surface area contributed by atoms with Crippen LogP contribution in [0.25, 0.3) is 44.5 Å². The lowest BCUT2D eigenvalue weighted by molar-refractivity contribution is 0.487. The molecule has 0 radical (unpaired) electrons. The summed E-state index contributed by atoms with van der Waals surface area (Å²) in [7, 11) is 0. The van der Waals surface area contributed by atoms with Gasteiger partial charge in [-0.15, -0.1) is 0 Å². The maximum Gasteiger partial charge on any atom is 0.256 e. The van der Waals surface area contributed by atoms with Crippen LogP contribution in [0.1, 0.15) is 26.3 Å². The van der Waals surface area contributed by atoms with E-state index in [4.69, 9.17) is 4.74 Å². The molecule has 56 heavy (non-hydrogen) atoms. The van der Waals surface area contributed by atoms with Crippen molar-refractivity contribution in [2.75, 3.05) is 4.90 Å². The highest BCUT2D eigenvalue weighted by Gasteiger charge is 2.43. The average molecular weight is 785 g/mol. The predicted octanol–water partition coefficient (Wildman–Crippen LogP) is 12.8. The Kier molecular flexibility index (Phi) is 8.34. The van der Waals surface area contributed by atoms with Crippen LogP contribution in [0, 0.1) is 0 Å². The number of hydrogen-bond acceptors (Lipinski definition) is 2. The molecule has 0 amide bonds. The van der Waals surface area contributed by atoms with E-state index >= 15 is 0 Å². The van der Waals surface area contributed by atoms with Crippen LogP contribution in [0.4, 0.5) is 17.1 Å². The number of fused-ring (bicyclic) bond motifs is 4. The van der Waals surface area contributed by atoms with E-state index in [1.165, 1.54) is 66.5 Å². The second-order valence-corrected chi connectivity index (χ2v) is 16.8. The minimum absolute atomic E-state index is 0.0652. The lowest BCUT2D eigenvalue weighted by Gasteiger charge is -2.42. The van der Waals surface area contributed by atoms with Crippen molar-refractivity contribution in [3.63, 3.8) is 0 Å². The van der Waals surface area contributed by atoms with E-state index in [0.29, 0.717) is 0 Å². The van der Waals surface area contributed by atoms with E-state index in [1.54, 1.807) is 0 Å². The summed E-state index contributed by atoms with van der Waals surface area (Å²) >= 11 is 3.95. The van der Waals surface area contributed by atoms with Gasteiger partial charge in [-0.25, -0.2) is 0 Å². The third-order valence-corrected chi connectivity index (χ3v) is 11.8. The lowest BCUT2D eigenvalue weighted by Crippen LogP contribution is -2.59. The number of anilines is 3. The van der Waals surface area contributed by atoms with Gasteiger partial charge in [-0.05, 0) is 97.1 Å². The van der Waals surface area contributed by atoms with Crippen LogP contribution < -0.4 is 26.0 Å². The fourth-order valence-corrected chi connectivity index (χ4v) is 8.99. The van der Waals surface area contributed by atoms with Crippen molar-refractivity contribution in [3.8, 4) is 56.0 Å². The average Bonchev–Trinajstić information content (AvgIpc) is 3.23. The van der Waals surface area contributed by atoms with Crippen LogP contribution >= 0.6 is 15.9 Å². The van der Waals surface area contributed by atoms with Gasteiger partial charge in [0.25, 0.3) is 6.71 Å². The van der Waals surface area contributed by atoms with Gasteiger partial charge in [-0.1, -0.05) is 182 Å². The molecule has 10 rings (SSSR count). The standard InChI is InChI=1S/C52H39BBrNO/c1-52(2,3)40-30-42(36-20-12-6-13-21-36)51(43(31-40)37-22-14-7-15-23-37)55-46-26-24-38(34-16-8-4-9-17-34)28-44(46)53-45-29-39(35-18-10-5-11-19-35)25-27-48(45)56-49-33-41(54)32-47(55)50(49)53/h4-33H,1-3H3. The molecule has 0 spiro atoms. The number of rotatable bonds is 5. The van der Waals surface area contributed by atoms with Gasteiger partial charge in [0, 0.05) is 27.0 Å². The normalized spacial score (nSPS) is 12.7. The summed E-state index contributed by atoms with van der Waals surface area (Å²) in [6.07, 6.45) is 0. The van der Waals surface area contributed by atoms with E-state index in [-0.39, 0.29) is 12.1 Å². The Bertz CT molecular complexity index is 2700. The molecule has 0 unspecified atom stereocenters. The molecule has 8 aromatic rings. The second kappa shape index (κ2) is 13.6. The number of benzene rings is 8. The maximum atomic E-state index is 6.95. The first-order valence-corrected chi connectivity index (χ1v) is 20.1. The van der Waals surface area contributed by atoms with Gasteiger partial charge in [0.05, 0.1) is 5.69 Å². The zero-order valence-corrected chi connectivity index (χ0v) is 33.2.